The van der Waals surface area contributed by atoms with E-state index in [0.717, 1.165) is 36.9 Å². The van der Waals surface area contributed by atoms with Crippen molar-refractivity contribution in [3.05, 3.63) is 51.7 Å². The molecule has 8 heteroatoms. The van der Waals surface area contributed by atoms with Crippen molar-refractivity contribution in [1.82, 2.24) is 4.98 Å². The number of aromatic carboxylic acids is 1. The molecule has 0 fully saturated rings. The lowest BCUT2D eigenvalue weighted by atomic mass is 9.95. The fourth-order valence-corrected chi connectivity index (χ4v) is 4.15. The number of aromatic nitrogens is 1. The predicted molar refractivity (Wildman–Crippen MR) is 108 cm³/mol. The molecule has 2 N–H and O–H groups in total. The number of carbonyl (C=O) groups is 2. The Morgan fingerprint density at radius 1 is 1.29 bits per heavy atom. The monoisotopic (exact) mass is 415 g/mol. The summed E-state index contributed by atoms with van der Waals surface area (Å²) in [4.78, 5) is 27.9. The molecule has 1 aromatic heterocycles. The van der Waals surface area contributed by atoms with Crippen molar-refractivity contribution in [2.45, 2.75) is 37.1 Å². The average molecular weight is 416 g/mol. The van der Waals surface area contributed by atoms with Gasteiger partial charge in [-0.25, -0.2) is 9.78 Å². The molecule has 6 nitrogen and oxygen atoms in total. The number of carbonyl (C=O) groups excluding carboxylic acids is 1. The fraction of sp³-hybridized carbons (Fsp3) is 0.300. The molecule has 0 radical (unpaired) electrons. The maximum atomic E-state index is 12.2. The van der Waals surface area contributed by atoms with Gasteiger partial charge in [-0.3, -0.25) is 4.79 Å². The number of nitrogens with one attached hydrogen (secondary N) is 1. The van der Waals surface area contributed by atoms with Crippen LogP contribution in [0, 0.1) is 11.3 Å². The van der Waals surface area contributed by atoms with Crippen LogP contribution < -0.4 is 5.32 Å². The van der Waals surface area contributed by atoms with Gasteiger partial charge in [-0.05, 0) is 55.5 Å². The largest absolute Gasteiger partial charge is 0.478 e. The number of aryl methyl sites for hydroxylation is 2. The van der Waals surface area contributed by atoms with Crippen LogP contribution in [0.5, 0.6) is 0 Å². The molecule has 2 aromatic rings. The minimum Gasteiger partial charge on any atom is -0.478 e. The fourth-order valence-electron chi connectivity index (χ4n) is 3.04. The number of nitrogens with zero attached hydrogens (tertiary/aromatic N) is 2. The number of anilines is 1. The van der Waals surface area contributed by atoms with Gasteiger partial charge in [0.05, 0.1) is 16.1 Å². The van der Waals surface area contributed by atoms with Crippen LogP contribution in [-0.4, -0.2) is 27.7 Å². The van der Waals surface area contributed by atoms with Gasteiger partial charge < -0.3 is 10.4 Å². The molecule has 28 heavy (non-hydrogen) atoms. The first-order valence-corrected chi connectivity index (χ1v) is 10.2. The third-order valence-corrected chi connectivity index (χ3v) is 5.76. The van der Waals surface area contributed by atoms with Crippen molar-refractivity contribution >= 4 is 40.9 Å². The first-order valence-electron chi connectivity index (χ1n) is 8.86. The standard InChI is InChI=1S/C20H18ClN3O3S/c21-16-6-5-14(10-15(16)20(26)27)23-18(25)7-8-28-19-13(11-22)9-12-3-1-2-4-17(12)24-19/h5-6,9-10H,1-4,7-8H2,(H,23,25)(H,26,27). The Bertz CT molecular complexity index is 972. The van der Waals surface area contributed by atoms with Gasteiger partial charge in [0.1, 0.15) is 11.1 Å². The average Bonchev–Trinajstić information content (AvgIpc) is 2.68. The number of hydrogen-bond donors (Lipinski definition) is 2. The van der Waals surface area contributed by atoms with E-state index in [1.807, 2.05) is 6.07 Å². The molecule has 0 bridgehead atoms. The van der Waals surface area contributed by atoms with Gasteiger partial charge in [0.15, 0.2) is 0 Å². The third kappa shape index (κ3) is 4.83. The van der Waals surface area contributed by atoms with Crippen molar-refractivity contribution in [3.63, 3.8) is 0 Å². The number of fused-ring (bicyclic) bond motifs is 1. The number of halogens is 1. The zero-order valence-electron chi connectivity index (χ0n) is 15.0. The summed E-state index contributed by atoms with van der Waals surface area (Å²) in [6, 6.07) is 8.43. The molecule has 0 aliphatic heterocycles. The summed E-state index contributed by atoms with van der Waals surface area (Å²) < 4.78 is 0. The maximum Gasteiger partial charge on any atom is 0.337 e. The van der Waals surface area contributed by atoms with Gasteiger partial charge in [0.25, 0.3) is 0 Å². The molecular formula is C20H18ClN3O3S. The van der Waals surface area contributed by atoms with Crippen LogP contribution in [-0.2, 0) is 17.6 Å². The van der Waals surface area contributed by atoms with Crippen LogP contribution in [0.25, 0.3) is 0 Å². The number of amides is 1. The van der Waals surface area contributed by atoms with E-state index in [0.29, 0.717) is 22.0 Å². The summed E-state index contributed by atoms with van der Waals surface area (Å²) in [5.74, 6) is -0.937. The second kappa shape index (κ2) is 9.09. The van der Waals surface area contributed by atoms with Gasteiger partial charge in [-0.2, -0.15) is 5.26 Å². The molecule has 1 aliphatic carbocycles. The van der Waals surface area contributed by atoms with E-state index in [2.05, 4.69) is 16.4 Å². The van der Waals surface area contributed by atoms with Crippen molar-refractivity contribution in [2.75, 3.05) is 11.1 Å². The zero-order chi connectivity index (χ0) is 20.1. The lowest BCUT2D eigenvalue weighted by Crippen LogP contribution is -2.13. The smallest absolute Gasteiger partial charge is 0.337 e. The summed E-state index contributed by atoms with van der Waals surface area (Å²) in [6.45, 7) is 0. The summed E-state index contributed by atoms with van der Waals surface area (Å²) in [6.07, 6.45) is 4.33. The number of pyridine rings is 1. The minimum absolute atomic E-state index is 0.0641. The molecule has 144 valence electrons. The molecule has 1 amide bonds. The highest BCUT2D eigenvalue weighted by atomic mass is 35.5. The Labute approximate surface area is 171 Å². The van der Waals surface area contributed by atoms with Crippen LogP contribution in [0.3, 0.4) is 0 Å². The van der Waals surface area contributed by atoms with Crippen molar-refractivity contribution in [1.29, 1.82) is 5.26 Å². The van der Waals surface area contributed by atoms with Crippen LogP contribution >= 0.6 is 23.4 Å². The lowest BCUT2D eigenvalue weighted by molar-refractivity contribution is -0.115. The number of thioether (sulfide) groups is 1. The number of benzene rings is 1. The quantitative estimate of drug-likeness (QED) is 0.681. The number of carboxylic acids is 1. The van der Waals surface area contributed by atoms with Crippen LogP contribution in [0.1, 0.15) is 46.4 Å². The van der Waals surface area contributed by atoms with E-state index < -0.39 is 5.97 Å². The van der Waals surface area contributed by atoms with Gasteiger partial charge in [-0.15, -0.1) is 11.8 Å². The molecule has 0 unspecified atom stereocenters. The van der Waals surface area contributed by atoms with Gasteiger partial charge in [0.2, 0.25) is 5.91 Å². The van der Waals surface area contributed by atoms with Gasteiger partial charge in [0, 0.05) is 23.6 Å². The topological polar surface area (TPSA) is 103 Å². The molecule has 3 rings (SSSR count). The molecule has 1 aromatic carbocycles. The van der Waals surface area contributed by atoms with E-state index in [9.17, 15) is 14.9 Å². The van der Waals surface area contributed by atoms with Gasteiger partial charge >= 0.3 is 5.97 Å². The molecular weight excluding hydrogens is 398 g/mol. The van der Waals surface area contributed by atoms with Crippen molar-refractivity contribution in [2.24, 2.45) is 0 Å². The first-order chi connectivity index (χ1) is 13.5. The number of carboxylic acid groups (broad SMARTS) is 1. The zero-order valence-corrected chi connectivity index (χ0v) is 16.6. The molecule has 1 aliphatic rings. The third-order valence-electron chi connectivity index (χ3n) is 4.43. The number of nitriles is 1. The summed E-state index contributed by atoms with van der Waals surface area (Å²) in [5, 5.41) is 21.9. The van der Waals surface area contributed by atoms with E-state index in [1.165, 1.54) is 23.9 Å². The Kier molecular flexibility index (Phi) is 6.55. The second-order valence-corrected chi connectivity index (χ2v) is 7.90. The Balaban J connectivity index is 1.59. The highest BCUT2D eigenvalue weighted by molar-refractivity contribution is 7.99. The predicted octanol–water partition coefficient (Wildman–Crippen LogP) is 4.30. The molecule has 0 spiro atoms. The van der Waals surface area contributed by atoms with Crippen LogP contribution in [0.15, 0.2) is 29.3 Å². The number of rotatable bonds is 6. The maximum absolute atomic E-state index is 12.2. The van der Waals surface area contributed by atoms with Crippen molar-refractivity contribution in [3.8, 4) is 6.07 Å². The Morgan fingerprint density at radius 3 is 2.82 bits per heavy atom. The van der Waals surface area contributed by atoms with Crippen LogP contribution in [0.2, 0.25) is 5.02 Å². The highest BCUT2D eigenvalue weighted by Crippen LogP contribution is 2.28. The van der Waals surface area contributed by atoms with E-state index in [4.69, 9.17) is 16.7 Å². The lowest BCUT2D eigenvalue weighted by Gasteiger charge is -2.16. The molecule has 0 saturated heterocycles. The van der Waals surface area contributed by atoms with Crippen LogP contribution in [0.4, 0.5) is 5.69 Å². The van der Waals surface area contributed by atoms with Crippen molar-refractivity contribution < 1.29 is 14.7 Å². The summed E-state index contributed by atoms with van der Waals surface area (Å²) in [5.41, 5.74) is 3.07. The summed E-state index contributed by atoms with van der Waals surface area (Å²) in [7, 11) is 0. The normalized spacial score (nSPS) is 12.7. The van der Waals surface area contributed by atoms with E-state index in [1.54, 1.807) is 6.07 Å². The highest BCUT2D eigenvalue weighted by Gasteiger charge is 2.16. The van der Waals surface area contributed by atoms with E-state index in [-0.39, 0.29) is 22.9 Å². The first kappa shape index (κ1) is 20.2. The van der Waals surface area contributed by atoms with E-state index >= 15 is 0 Å². The molecule has 1 heterocycles. The second-order valence-electron chi connectivity index (χ2n) is 6.41. The Morgan fingerprint density at radius 2 is 2.07 bits per heavy atom. The van der Waals surface area contributed by atoms with Gasteiger partial charge in [-0.1, -0.05) is 11.6 Å². The summed E-state index contributed by atoms with van der Waals surface area (Å²) >= 11 is 7.21. The Hall–Kier alpha value is -2.56. The molecule has 0 saturated carbocycles. The SMILES string of the molecule is N#Cc1cc2c(nc1SCCC(=O)Nc1ccc(Cl)c(C(=O)O)c1)CCCC2. The molecule has 0 atom stereocenters. The minimum atomic E-state index is -1.15. The number of hydrogen-bond acceptors (Lipinski definition) is 5.